The molecule has 2 N–H and O–H groups in total. The second-order valence-corrected chi connectivity index (χ2v) is 6.11. The molecule has 0 fully saturated rings. The predicted octanol–water partition coefficient (Wildman–Crippen LogP) is 3.56. The van der Waals surface area contributed by atoms with Crippen molar-refractivity contribution in [2.45, 2.75) is 19.4 Å². The molecule has 5 nitrogen and oxygen atoms in total. The lowest BCUT2D eigenvalue weighted by Crippen LogP contribution is -2.38. The lowest BCUT2D eigenvalue weighted by Gasteiger charge is -2.26. The van der Waals surface area contributed by atoms with Crippen LogP contribution in [0.2, 0.25) is 5.02 Å². The first kappa shape index (κ1) is 19.1. The topological polar surface area (TPSA) is 61.8 Å². The fraction of sp³-hybridized carbons (Fsp3) is 0.316. The second-order valence-electron chi connectivity index (χ2n) is 5.67. The predicted molar refractivity (Wildman–Crippen MR) is 102 cm³/mol. The van der Waals surface area contributed by atoms with Gasteiger partial charge in [-0.15, -0.1) is 0 Å². The minimum absolute atomic E-state index is 0.108. The quantitative estimate of drug-likeness (QED) is 0.753. The van der Waals surface area contributed by atoms with Crippen molar-refractivity contribution in [1.82, 2.24) is 0 Å². The molecule has 2 aromatic rings. The van der Waals surface area contributed by atoms with Crippen LogP contribution in [0.15, 0.2) is 48.5 Å². The van der Waals surface area contributed by atoms with E-state index in [1.165, 1.54) is 7.11 Å². The van der Waals surface area contributed by atoms with Crippen LogP contribution in [0.3, 0.4) is 0 Å². The van der Waals surface area contributed by atoms with E-state index < -0.39 is 6.10 Å². The number of aliphatic hydroxyl groups excluding tert-OH is 1. The van der Waals surface area contributed by atoms with Gasteiger partial charge < -0.3 is 20.1 Å². The van der Waals surface area contributed by atoms with Crippen molar-refractivity contribution in [3.8, 4) is 5.75 Å². The number of nitrogens with zero attached hydrogens (tertiary/aromatic N) is 1. The molecule has 0 saturated carbocycles. The zero-order valence-corrected chi connectivity index (χ0v) is 15.2. The molecule has 1 atom stereocenters. The molecule has 2 aromatic carbocycles. The van der Waals surface area contributed by atoms with E-state index in [2.05, 4.69) is 5.32 Å². The summed E-state index contributed by atoms with van der Waals surface area (Å²) in [5.74, 6) is 0.324. The van der Waals surface area contributed by atoms with E-state index >= 15 is 0 Å². The van der Waals surface area contributed by atoms with Gasteiger partial charge in [0.25, 0.3) is 0 Å². The third-order valence-corrected chi connectivity index (χ3v) is 4.03. The van der Waals surface area contributed by atoms with Crippen LogP contribution < -0.4 is 15.0 Å². The summed E-state index contributed by atoms with van der Waals surface area (Å²) in [5.41, 5.74) is 1.40. The van der Waals surface area contributed by atoms with E-state index in [4.69, 9.17) is 16.3 Å². The highest BCUT2D eigenvalue weighted by Gasteiger charge is 2.16. The number of halogens is 1. The molecule has 6 heteroatoms. The van der Waals surface area contributed by atoms with Gasteiger partial charge in [-0.3, -0.25) is 4.79 Å². The highest BCUT2D eigenvalue weighted by Crippen LogP contribution is 2.27. The Bertz CT molecular complexity index is 694. The van der Waals surface area contributed by atoms with E-state index in [1.54, 1.807) is 18.2 Å². The number of para-hydroxylation sites is 1. The summed E-state index contributed by atoms with van der Waals surface area (Å²) >= 11 is 6.00. The van der Waals surface area contributed by atoms with Crippen molar-refractivity contribution in [2.24, 2.45) is 0 Å². The van der Waals surface area contributed by atoms with Gasteiger partial charge in [-0.2, -0.15) is 0 Å². The van der Waals surface area contributed by atoms with Gasteiger partial charge in [-0.1, -0.05) is 36.7 Å². The Kier molecular flexibility index (Phi) is 7.10. The van der Waals surface area contributed by atoms with E-state index in [0.717, 1.165) is 5.69 Å². The average Bonchev–Trinajstić information content (AvgIpc) is 2.62. The molecule has 0 radical (unpaired) electrons. The van der Waals surface area contributed by atoms with Crippen LogP contribution in [-0.4, -0.2) is 37.3 Å². The van der Waals surface area contributed by atoms with Crippen LogP contribution in [0.25, 0.3) is 0 Å². The first-order valence-electron chi connectivity index (χ1n) is 8.15. The Morgan fingerprint density at radius 1 is 1.28 bits per heavy atom. The number of carbonyl (C=O) groups is 1. The third kappa shape index (κ3) is 5.66. The summed E-state index contributed by atoms with van der Waals surface area (Å²) in [6.45, 7) is 2.39. The molecule has 0 spiro atoms. The Morgan fingerprint density at radius 2 is 2.00 bits per heavy atom. The normalized spacial score (nSPS) is 11.7. The van der Waals surface area contributed by atoms with Crippen LogP contribution in [-0.2, 0) is 4.79 Å². The van der Waals surface area contributed by atoms with Crippen molar-refractivity contribution in [2.75, 3.05) is 30.4 Å². The minimum atomic E-state index is -0.506. The van der Waals surface area contributed by atoms with Crippen molar-refractivity contribution in [1.29, 1.82) is 0 Å². The number of anilines is 2. The molecule has 0 aliphatic heterocycles. The Morgan fingerprint density at radius 3 is 2.64 bits per heavy atom. The zero-order valence-electron chi connectivity index (χ0n) is 14.4. The number of amides is 1. The van der Waals surface area contributed by atoms with Gasteiger partial charge in [0.1, 0.15) is 5.75 Å². The van der Waals surface area contributed by atoms with Gasteiger partial charge in [0, 0.05) is 17.3 Å². The molecule has 25 heavy (non-hydrogen) atoms. The Hall–Kier alpha value is -2.24. The Balaban J connectivity index is 2.13. The third-order valence-electron chi connectivity index (χ3n) is 3.79. The molecule has 0 bridgehead atoms. The van der Waals surface area contributed by atoms with Crippen molar-refractivity contribution in [3.63, 3.8) is 0 Å². The summed E-state index contributed by atoms with van der Waals surface area (Å²) < 4.78 is 5.25. The number of rotatable bonds is 8. The van der Waals surface area contributed by atoms with Crippen LogP contribution in [0, 0.1) is 0 Å². The molecule has 0 saturated heterocycles. The summed E-state index contributed by atoms with van der Waals surface area (Å²) in [5, 5.41) is 13.3. The fourth-order valence-electron chi connectivity index (χ4n) is 2.42. The summed E-state index contributed by atoms with van der Waals surface area (Å²) in [4.78, 5) is 14.4. The SMILES string of the molecule is CCC(O)CN(CC(=O)Nc1cc(Cl)ccc1OC)c1ccccc1. The maximum Gasteiger partial charge on any atom is 0.243 e. The molecule has 0 aliphatic rings. The lowest BCUT2D eigenvalue weighted by atomic mass is 10.2. The number of ether oxygens (including phenoxy) is 1. The van der Waals surface area contributed by atoms with E-state index in [0.29, 0.717) is 29.4 Å². The smallest absolute Gasteiger partial charge is 0.243 e. The molecule has 0 aromatic heterocycles. The number of carbonyl (C=O) groups excluding carboxylic acids is 1. The van der Waals surface area contributed by atoms with Gasteiger partial charge in [0.15, 0.2) is 0 Å². The van der Waals surface area contributed by atoms with Crippen LogP contribution in [0.5, 0.6) is 5.75 Å². The number of nitrogens with one attached hydrogen (secondary N) is 1. The van der Waals surface area contributed by atoms with Crippen LogP contribution in [0.4, 0.5) is 11.4 Å². The number of hydrogen-bond acceptors (Lipinski definition) is 4. The summed E-state index contributed by atoms with van der Waals surface area (Å²) in [7, 11) is 1.53. The molecule has 1 amide bonds. The maximum absolute atomic E-state index is 12.5. The van der Waals surface area contributed by atoms with Crippen LogP contribution >= 0.6 is 11.6 Å². The average molecular weight is 363 g/mol. The first-order chi connectivity index (χ1) is 12.0. The van der Waals surface area contributed by atoms with Crippen molar-refractivity contribution in [3.05, 3.63) is 53.6 Å². The second kappa shape index (κ2) is 9.30. The molecule has 2 rings (SSSR count). The lowest BCUT2D eigenvalue weighted by molar-refractivity contribution is -0.115. The largest absolute Gasteiger partial charge is 0.495 e. The monoisotopic (exact) mass is 362 g/mol. The van der Waals surface area contributed by atoms with Gasteiger partial charge in [0.05, 0.1) is 25.4 Å². The molecule has 0 heterocycles. The maximum atomic E-state index is 12.5. The molecular formula is C19H23ClN2O3. The highest BCUT2D eigenvalue weighted by molar-refractivity contribution is 6.31. The number of benzene rings is 2. The van der Waals surface area contributed by atoms with E-state index in [-0.39, 0.29) is 12.5 Å². The molecular weight excluding hydrogens is 340 g/mol. The van der Waals surface area contributed by atoms with Gasteiger partial charge in [-0.05, 0) is 36.8 Å². The number of aliphatic hydroxyl groups is 1. The highest BCUT2D eigenvalue weighted by atomic mass is 35.5. The van der Waals surface area contributed by atoms with Gasteiger partial charge >= 0.3 is 0 Å². The molecule has 1 unspecified atom stereocenters. The minimum Gasteiger partial charge on any atom is -0.495 e. The van der Waals surface area contributed by atoms with Crippen LogP contribution in [0.1, 0.15) is 13.3 Å². The van der Waals surface area contributed by atoms with Crippen molar-refractivity contribution >= 4 is 28.9 Å². The van der Waals surface area contributed by atoms with E-state index in [9.17, 15) is 9.90 Å². The number of hydrogen-bond donors (Lipinski definition) is 2. The Labute approximate surface area is 153 Å². The van der Waals surface area contributed by atoms with E-state index in [1.807, 2.05) is 42.2 Å². The number of methoxy groups -OCH3 is 1. The van der Waals surface area contributed by atoms with Gasteiger partial charge in [-0.25, -0.2) is 0 Å². The molecule has 0 aliphatic carbocycles. The standard InChI is InChI=1S/C19H23ClN2O3/c1-3-16(23)12-22(15-7-5-4-6-8-15)13-19(24)21-17-11-14(20)9-10-18(17)25-2/h4-11,16,23H,3,12-13H2,1-2H3,(H,21,24). The zero-order chi connectivity index (χ0) is 18.2. The summed E-state index contributed by atoms with van der Waals surface area (Å²) in [6.07, 6.45) is 0.112. The van der Waals surface area contributed by atoms with Gasteiger partial charge in [0.2, 0.25) is 5.91 Å². The first-order valence-corrected chi connectivity index (χ1v) is 8.52. The fourth-order valence-corrected chi connectivity index (χ4v) is 2.60. The summed E-state index contributed by atoms with van der Waals surface area (Å²) in [6, 6.07) is 14.6. The van der Waals surface area contributed by atoms with Crippen molar-refractivity contribution < 1.29 is 14.6 Å². The molecule has 134 valence electrons.